The maximum atomic E-state index is 14.4. The van der Waals surface area contributed by atoms with Gasteiger partial charge in [-0.15, -0.1) is 6.58 Å². The first-order chi connectivity index (χ1) is 18.2. The van der Waals surface area contributed by atoms with E-state index in [1.54, 1.807) is 11.0 Å². The highest BCUT2D eigenvalue weighted by atomic mass is 16.6. The highest BCUT2D eigenvalue weighted by Gasteiger charge is 2.80. The molecule has 3 aliphatic heterocycles. The fraction of sp³-hybridized carbons (Fsp3) is 0.567. The molecule has 1 aromatic carbocycles. The Balaban J connectivity index is 1.86. The number of amides is 2. The lowest BCUT2D eigenvalue weighted by Gasteiger charge is -2.39. The molecule has 3 saturated heterocycles. The van der Waals surface area contributed by atoms with Crippen molar-refractivity contribution in [2.45, 2.75) is 63.3 Å². The lowest BCUT2D eigenvalue weighted by molar-refractivity contribution is -0.163. The Morgan fingerprint density at radius 2 is 2.00 bits per heavy atom. The Kier molecular flexibility index (Phi) is 8.14. The molecule has 38 heavy (non-hydrogen) atoms. The van der Waals surface area contributed by atoms with Gasteiger partial charge in [-0.05, 0) is 31.2 Å². The number of fused-ring (bicyclic) bond motifs is 1. The molecule has 3 heterocycles. The molecule has 7 atom stereocenters. The maximum absolute atomic E-state index is 14.4. The molecule has 2 bridgehead atoms. The molecule has 3 fully saturated rings. The summed E-state index contributed by atoms with van der Waals surface area (Å²) in [5.41, 5.74) is -1.47. The molecule has 0 radical (unpaired) electrons. The van der Waals surface area contributed by atoms with Gasteiger partial charge >= 0.3 is 5.97 Å². The van der Waals surface area contributed by atoms with Crippen molar-refractivity contribution in [3.05, 3.63) is 61.2 Å². The number of nitrogens with zero attached hydrogens (tertiary/aromatic N) is 2. The van der Waals surface area contributed by atoms with Gasteiger partial charge < -0.3 is 24.4 Å². The van der Waals surface area contributed by atoms with Gasteiger partial charge in [-0.2, -0.15) is 0 Å². The zero-order valence-electron chi connectivity index (χ0n) is 22.7. The first kappa shape index (κ1) is 28.0. The van der Waals surface area contributed by atoms with Crippen LogP contribution in [-0.4, -0.2) is 76.2 Å². The number of carbonyl (C=O) groups is 3. The summed E-state index contributed by atoms with van der Waals surface area (Å²) in [6.07, 6.45) is 5.30. The smallest absolute Gasteiger partial charge is 0.313 e. The average molecular weight is 525 g/mol. The summed E-state index contributed by atoms with van der Waals surface area (Å²) in [6, 6.07) is 7.41. The van der Waals surface area contributed by atoms with Crippen molar-refractivity contribution < 1.29 is 29.0 Å². The topological polar surface area (TPSA) is 96.4 Å². The normalized spacial score (nSPS) is 32.1. The first-order valence-corrected chi connectivity index (χ1v) is 13.6. The maximum Gasteiger partial charge on any atom is 0.313 e. The zero-order chi connectivity index (χ0) is 27.7. The van der Waals surface area contributed by atoms with E-state index < -0.39 is 41.1 Å². The highest BCUT2D eigenvalue weighted by molar-refractivity contribution is 5.99. The van der Waals surface area contributed by atoms with E-state index in [0.29, 0.717) is 25.1 Å². The molecular formula is C30H40N2O6. The molecule has 1 spiro atoms. The summed E-state index contributed by atoms with van der Waals surface area (Å²) < 4.78 is 12.2. The third-order valence-corrected chi connectivity index (χ3v) is 8.72. The number of likely N-dealkylation sites (tertiary alicyclic amines) is 1. The highest BCUT2D eigenvalue weighted by Crippen LogP contribution is 2.66. The van der Waals surface area contributed by atoms with Gasteiger partial charge in [0.25, 0.3) is 0 Å². The summed E-state index contributed by atoms with van der Waals surface area (Å²) in [5.74, 6) is -3.02. The van der Waals surface area contributed by atoms with Gasteiger partial charge in [0.2, 0.25) is 11.8 Å². The summed E-state index contributed by atoms with van der Waals surface area (Å²) >= 11 is 0. The average Bonchev–Trinajstić information content (AvgIpc) is 3.43. The van der Waals surface area contributed by atoms with Crippen LogP contribution in [0.4, 0.5) is 0 Å². The molecule has 0 aliphatic carbocycles. The van der Waals surface area contributed by atoms with Gasteiger partial charge in [-0.3, -0.25) is 14.4 Å². The Bertz CT molecular complexity index is 1080. The zero-order valence-corrected chi connectivity index (χ0v) is 22.7. The second-order valence-corrected chi connectivity index (χ2v) is 10.9. The summed E-state index contributed by atoms with van der Waals surface area (Å²) in [7, 11) is 0. The van der Waals surface area contributed by atoms with Gasteiger partial charge in [0.05, 0.1) is 24.2 Å². The van der Waals surface area contributed by atoms with Crippen LogP contribution in [0.1, 0.15) is 51.6 Å². The first-order valence-electron chi connectivity index (χ1n) is 13.6. The molecule has 8 nitrogen and oxygen atoms in total. The van der Waals surface area contributed by atoms with Gasteiger partial charge in [0.1, 0.15) is 24.2 Å². The molecule has 4 rings (SSSR count). The fourth-order valence-corrected chi connectivity index (χ4v) is 6.88. The molecule has 206 valence electrons. The molecule has 3 unspecified atom stereocenters. The number of unbranched alkanes of at least 4 members (excludes halogenated alkanes) is 1. The van der Waals surface area contributed by atoms with Crippen LogP contribution in [0.2, 0.25) is 0 Å². The third kappa shape index (κ3) is 4.28. The largest absolute Gasteiger partial charge is 0.461 e. The Morgan fingerprint density at radius 1 is 1.29 bits per heavy atom. The van der Waals surface area contributed by atoms with Crippen molar-refractivity contribution >= 4 is 17.8 Å². The van der Waals surface area contributed by atoms with Crippen LogP contribution in [-0.2, 0) is 23.9 Å². The van der Waals surface area contributed by atoms with E-state index in [-0.39, 0.29) is 30.9 Å². The number of hydrogen-bond donors (Lipinski definition) is 1. The van der Waals surface area contributed by atoms with Crippen LogP contribution < -0.4 is 0 Å². The van der Waals surface area contributed by atoms with E-state index in [2.05, 4.69) is 20.1 Å². The predicted molar refractivity (Wildman–Crippen MR) is 143 cm³/mol. The van der Waals surface area contributed by atoms with Gasteiger partial charge in [-0.1, -0.05) is 69.3 Å². The quantitative estimate of drug-likeness (QED) is 0.333. The minimum absolute atomic E-state index is 0.0210. The lowest BCUT2D eigenvalue weighted by atomic mass is 9.62. The van der Waals surface area contributed by atoms with Crippen molar-refractivity contribution in [3.8, 4) is 0 Å². The minimum Gasteiger partial charge on any atom is -0.461 e. The predicted octanol–water partition coefficient (Wildman–Crippen LogP) is 3.27. The number of esters is 1. The van der Waals surface area contributed by atoms with Crippen molar-refractivity contribution in [2.24, 2.45) is 17.8 Å². The van der Waals surface area contributed by atoms with Crippen LogP contribution in [0.5, 0.6) is 0 Å². The molecule has 1 N–H and O–H groups in total. The second-order valence-electron chi connectivity index (χ2n) is 10.9. The van der Waals surface area contributed by atoms with E-state index in [1.165, 1.54) is 11.0 Å². The van der Waals surface area contributed by atoms with Crippen molar-refractivity contribution in [1.29, 1.82) is 0 Å². The standard InChI is InChI=1S/C30H40N2O6/c1-6-9-16-31(15-7-2)27(35)25-30-18-20(4)29(5,38-30)24(28(36)37-17-8-3)23(30)26(34)32(25)22(19-33)21-13-11-10-12-14-21/h7-8,10-14,20,22-25,33H,2-3,6,9,15-19H2,1,4-5H3/t20?,22-,23+,24+,25?,29-,30?/m1/s1. The number of benzene rings is 1. The molecule has 0 saturated carbocycles. The number of rotatable bonds is 12. The van der Waals surface area contributed by atoms with Gasteiger partial charge in [0, 0.05) is 13.1 Å². The molecule has 1 aromatic rings. The second kappa shape index (κ2) is 11.0. The van der Waals surface area contributed by atoms with E-state index in [9.17, 15) is 19.5 Å². The summed E-state index contributed by atoms with van der Waals surface area (Å²) in [4.78, 5) is 45.5. The number of ether oxygens (including phenoxy) is 2. The van der Waals surface area contributed by atoms with Crippen LogP contribution in [0.25, 0.3) is 0 Å². The Morgan fingerprint density at radius 3 is 2.61 bits per heavy atom. The van der Waals surface area contributed by atoms with Crippen molar-refractivity contribution in [2.75, 3.05) is 26.3 Å². The number of aliphatic hydroxyl groups is 1. The SMILES string of the molecule is C=CCOC(=O)[C@@H]1[C@H]2C(=O)N([C@H](CO)c3ccccc3)C(C(=O)N(CC=C)CCCC)C23CC(C)[C@@]1(C)O3. The summed E-state index contributed by atoms with van der Waals surface area (Å²) in [6.45, 7) is 13.8. The van der Waals surface area contributed by atoms with Crippen LogP contribution in [0.15, 0.2) is 55.6 Å². The molecule has 0 aromatic heterocycles. The van der Waals surface area contributed by atoms with Crippen molar-refractivity contribution in [3.63, 3.8) is 0 Å². The fourth-order valence-electron chi connectivity index (χ4n) is 6.88. The lowest BCUT2D eigenvalue weighted by Crippen LogP contribution is -2.57. The van der Waals surface area contributed by atoms with E-state index in [0.717, 1.165) is 12.8 Å². The van der Waals surface area contributed by atoms with Gasteiger partial charge in [-0.25, -0.2) is 0 Å². The van der Waals surface area contributed by atoms with Crippen molar-refractivity contribution in [1.82, 2.24) is 9.80 Å². The van der Waals surface area contributed by atoms with Crippen LogP contribution in [0, 0.1) is 17.8 Å². The summed E-state index contributed by atoms with van der Waals surface area (Å²) in [5, 5.41) is 10.6. The van der Waals surface area contributed by atoms with E-state index in [4.69, 9.17) is 9.47 Å². The molecule has 8 heteroatoms. The van der Waals surface area contributed by atoms with Gasteiger partial charge in [0.15, 0.2) is 0 Å². The molecule has 2 amide bonds. The third-order valence-electron chi connectivity index (χ3n) is 8.72. The number of hydrogen-bond acceptors (Lipinski definition) is 6. The molecule has 3 aliphatic rings. The Labute approximate surface area is 225 Å². The van der Waals surface area contributed by atoms with E-state index in [1.807, 2.05) is 44.2 Å². The number of carbonyl (C=O) groups excluding carboxylic acids is 3. The number of aliphatic hydroxyl groups excluding tert-OH is 1. The Hall–Kier alpha value is -2.97. The van der Waals surface area contributed by atoms with E-state index >= 15 is 0 Å². The molecular weight excluding hydrogens is 484 g/mol. The van der Waals surface area contributed by atoms with Crippen LogP contribution >= 0.6 is 0 Å². The monoisotopic (exact) mass is 524 g/mol. The minimum atomic E-state index is -1.21. The van der Waals surface area contributed by atoms with Crippen LogP contribution in [0.3, 0.4) is 0 Å².